The molecule has 21 heavy (non-hydrogen) atoms. The van der Waals surface area contributed by atoms with Crippen molar-refractivity contribution >= 4 is 5.91 Å². The molecule has 1 amide bonds. The van der Waals surface area contributed by atoms with E-state index in [0.29, 0.717) is 24.3 Å². The van der Waals surface area contributed by atoms with Gasteiger partial charge < -0.3 is 15.5 Å². The third kappa shape index (κ3) is 5.59. The zero-order chi connectivity index (χ0) is 15.8. The highest BCUT2D eigenvalue weighted by Gasteiger charge is 2.34. The van der Waals surface area contributed by atoms with Crippen molar-refractivity contribution in [2.75, 3.05) is 39.3 Å². The fourth-order valence-corrected chi connectivity index (χ4v) is 3.41. The van der Waals surface area contributed by atoms with Crippen molar-refractivity contribution in [3.05, 3.63) is 0 Å². The van der Waals surface area contributed by atoms with E-state index in [4.69, 9.17) is 5.73 Å². The minimum atomic E-state index is 0.172. The lowest BCUT2D eigenvalue weighted by Gasteiger charge is -2.31. The lowest BCUT2D eigenvalue weighted by molar-refractivity contribution is -0.137. The molecule has 2 unspecified atom stereocenters. The van der Waals surface area contributed by atoms with Crippen LogP contribution in [0.15, 0.2) is 0 Å². The number of carbonyl (C=O) groups is 1. The average molecular weight is 297 g/mol. The van der Waals surface area contributed by atoms with Crippen molar-refractivity contribution in [1.29, 1.82) is 0 Å². The molecule has 4 nitrogen and oxygen atoms in total. The second kappa shape index (κ2) is 9.42. The van der Waals surface area contributed by atoms with E-state index in [-0.39, 0.29) is 5.92 Å². The summed E-state index contributed by atoms with van der Waals surface area (Å²) in [4.78, 5) is 17.4. The molecule has 0 saturated heterocycles. The minimum absolute atomic E-state index is 0.172. The van der Waals surface area contributed by atoms with Gasteiger partial charge in [-0.2, -0.15) is 0 Å². The summed E-state index contributed by atoms with van der Waals surface area (Å²) in [7, 11) is 0. The Morgan fingerprint density at radius 2 is 1.86 bits per heavy atom. The van der Waals surface area contributed by atoms with E-state index in [1.807, 2.05) is 0 Å². The predicted octanol–water partition coefficient (Wildman–Crippen LogP) is 2.19. The topological polar surface area (TPSA) is 49.6 Å². The third-order valence-electron chi connectivity index (χ3n) is 4.76. The summed E-state index contributed by atoms with van der Waals surface area (Å²) in [6.07, 6.45) is 3.31. The Morgan fingerprint density at radius 3 is 2.38 bits per heavy atom. The summed E-state index contributed by atoms with van der Waals surface area (Å²) < 4.78 is 0. The second-order valence-electron chi connectivity index (χ2n) is 6.74. The van der Waals surface area contributed by atoms with Crippen molar-refractivity contribution in [1.82, 2.24) is 9.80 Å². The maximum Gasteiger partial charge on any atom is 0.226 e. The molecule has 0 aromatic rings. The lowest BCUT2D eigenvalue weighted by Crippen LogP contribution is -2.44. The van der Waals surface area contributed by atoms with Gasteiger partial charge in [0, 0.05) is 25.6 Å². The molecule has 0 radical (unpaired) electrons. The molecule has 0 aromatic heterocycles. The molecule has 1 aliphatic rings. The highest BCUT2D eigenvalue weighted by molar-refractivity contribution is 5.79. The Hall–Kier alpha value is -0.610. The van der Waals surface area contributed by atoms with Crippen LogP contribution in [-0.4, -0.2) is 55.0 Å². The van der Waals surface area contributed by atoms with Gasteiger partial charge in [-0.3, -0.25) is 4.79 Å². The molecule has 0 aromatic carbocycles. The van der Waals surface area contributed by atoms with E-state index in [9.17, 15) is 4.79 Å². The zero-order valence-electron chi connectivity index (χ0n) is 14.5. The molecule has 2 atom stereocenters. The van der Waals surface area contributed by atoms with E-state index in [1.54, 1.807) is 0 Å². The van der Waals surface area contributed by atoms with E-state index in [1.165, 1.54) is 0 Å². The first kappa shape index (κ1) is 18.4. The molecule has 2 N–H and O–H groups in total. The first-order valence-corrected chi connectivity index (χ1v) is 8.74. The maximum atomic E-state index is 12.9. The molecule has 0 spiro atoms. The van der Waals surface area contributed by atoms with Crippen molar-refractivity contribution in [3.63, 3.8) is 0 Å². The Morgan fingerprint density at radius 1 is 1.19 bits per heavy atom. The number of nitrogens with two attached hydrogens (primary N) is 1. The second-order valence-corrected chi connectivity index (χ2v) is 6.74. The number of amides is 1. The lowest BCUT2D eigenvalue weighted by atomic mass is 9.94. The zero-order valence-corrected chi connectivity index (χ0v) is 14.5. The minimum Gasteiger partial charge on any atom is -0.341 e. The molecule has 124 valence electrons. The van der Waals surface area contributed by atoms with E-state index in [2.05, 4.69) is 37.5 Å². The molecular weight excluding hydrogens is 262 g/mol. The average Bonchev–Trinajstić information content (AvgIpc) is 2.94. The van der Waals surface area contributed by atoms with Crippen LogP contribution in [0.1, 0.15) is 47.0 Å². The number of rotatable bonds is 9. The summed E-state index contributed by atoms with van der Waals surface area (Å²) in [5, 5.41) is 0. The van der Waals surface area contributed by atoms with Gasteiger partial charge in [0.15, 0.2) is 0 Å². The van der Waals surface area contributed by atoms with Gasteiger partial charge in [0.2, 0.25) is 5.91 Å². The van der Waals surface area contributed by atoms with Crippen LogP contribution in [0.25, 0.3) is 0 Å². The van der Waals surface area contributed by atoms with Crippen LogP contribution >= 0.6 is 0 Å². The number of hydrogen-bond acceptors (Lipinski definition) is 3. The highest BCUT2D eigenvalue weighted by atomic mass is 16.2. The highest BCUT2D eigenvalue weighted by Crippen LogP contribution is 2.32. The van der Waals surface area contributed by atoms with Gasteiger partial charge in [0.1, 0.15) is 0 Å². The molecule has 0 aliphatic heterocycles. The predicted molar refractivity (Wildman–Crippen MR) is 89.1 cm³/mol. The van der Waals surface area contributed by atoms with Gasteiger partial charge in [-0.1, -0.05) is 34.1 Å². The molecule has 1 rings (SSSR count). The van der Waals surface area contributed by atoms with Crippen LogP contribution in [0.3, 0.4) is 0 Å². The van der Waals surface area contributed by atoms with E-state index < -0.39 is 0 Å². The Kier molecular flexibility index (Phi) is 8.27. The largest absolute Gasteiger partial charge is 0.341 e. The van der Waals surface area contributed by atoms with Crippen molar-refractivity contribution in [2.24, 2.45) is 23.5 Å². The molecule has 1 saturated carbocycles. The van der Waals surface area contributed by atoms with Gasteiger partial charge in [0.25, 0.3) is 0 Å². The van der Waals surface area contributed by atoms with Crippen LogP contribution in [0, 0.1) is 17.8 Å². The summed E-state index contributed by atoms with van der Waals surface area (Å²) in [6, 6.07) is 0. The Balaban J connectivity index is 2.65. The fourth-order valence-electron chi connectivity index (χ4n) is 3.41. The first-order valence-electron chi connectivity index (χ1n) is 8.74. The quantitative estimate of drug-likeness (QED) is 0.710. The van der Waals surface area contributed by atoms with E-state index in [0.717, 1.165) is 52.0 Å². The van der Waals surface area contributed by atoms with Gasteiger partial charge in [0.05, 0.1) is 0 Å². The molecule has 0 bridgehead atoms. The molecule has 4 heteroatoms. The number of carbonyl (C=O) groups excluding carboxylic acids is 1. The number of hydrogen-bond donors (Lipinski definition) is 1. The Labute approximate surface area is 131 Å². The van der Waals surface area contributed by atoms with Crippen LogP contribution < -0.4 is 5.73 Å². The molecule has 1 fully saturated rings. The Bertz CT molecular complexity index is 302. The van der Waals surface area contributed by atoms with Crippen LogP contribution in [0.4, 0.5) is 0 Å². The van der Waals surface area contributed by atoms with Crippen LogP contribution in [0.2, 0.25) is 0 Å². The first-order chi connectivity index (χ1) is 10.0. The van der Waals surface area contributed by atoms with Gasteiger partial charge in [-0.15, -0.1) is 0 Å². The van der Waals surface area contributed by atoms with Gasteiger partial charge in [-0.05, 0) is 44.3 Å². The normalized spacial score (nSPS) is 22.2. The number of nitrogens with zero attached hydrogens (tertiary/aromatic N) is 2. The summed E-state index contributed by atoms with van der Waals surface area (Å²) in [5.74, 6) is 1.44. The smallest absolute Gasteiger partial charge is 0.226 e. The standard InChI is InChI=1S/C17H35N3O/c1-5-19(6-2)10-11-20(13-14(3)4)17(21)16-9-7-8-15(16)12-18/h14-16H,5-13,18H2,1-4H3. The fraction of sp³-hybridized carbons (Fsp3) is 0.941. The van der Waals surface area contributed by atoms with Gasteiger partial charge >= 0.3 is 0 Å². The summed E-state index contributed by atoms with van der Waals surface area (Å²) >= 11 is 0. The summed E-state index contributed by atoms with van der Waals surface area (Å²) in [5.41, 5.74) is 5.85. The maximum absolute atomic E-state index is 12.9. The third-order valence-corrected chi connectivity index (χ3v) is 4.76. The van der Waals surface area contributed by atoms with Crippen LogP contribution in [0.5, 0.6) is 0 Å². The summed E-state index contributed by atoms with van der Waals surface area (Å²) in [6.45, 7) is 14.2. The van der Waals surface area contributed by atoms with Crippen molar-refractivity contribution in [3.8, 4) is 0 Å². The molecular formula is C17H35N3O. The number of likely N-dealkylation sites (N-methyl/N-ethyl adjacent to an activating group) is 1. The van der Waals surface area contributed by atoms with E-state index >= 15 is 0 Å². The SMILES string of the molecule is CCN(CC)CCN(CC(C)C)C(=O)C1CCCC1CN. The molecule has 0 heterocycles. The monoisotopic (exact) mass is 297 g/mol. The van der Waals surface area contributed by atoms with Gasteiger partial charge in [-0.25, -0.2) is 0 Å². The van der Waals surface area contributed by atoms with Crippen LogP contribution in [-0.2, 0) is 4.79 Å². The molecule has 1 aliphatic carbocycles. The van der Waals surface area contributed by atoms with Crippen molar-refractivity contribution < 1.29 is 4.79 Å². The van der Waals surface area contributed by atoms with Crippen molar-refractivity contribution in [2.45, 2.75) is 47.0 Å².